The Balaban J connectivity index is 3.53. The van der Waals surface area contributed by atoms with Crippen molar-refractivity contribution in [2.45, 2.75) is 0 Å². The number of benzene rings is 1. The van der Waals surface area contributed by atoms with E-state index in [-0.39, 0.29) is 0 Å². The van der Waals surface area contributed by atoms with E-state index in [1.165, 1.54) is 6.07 Å². The third kappa shape index (κ3) is 1.98. The molecule has 0 aliphatic heterocycles. The van der Waals surface area contributed by atoms with E-state index < -0.39 is 34.5 Å². The van der Waals surface area contributed by atoms with Crippen LogP contribution in [-0.4, -0.2) is 28.1 Å². The van der Waals surface area contributed by atoms with Crippen LogP contribution >= 0.6 is 0 Å². The van der Waals surface area contributed by atoms with Crippen LogP contribution in [0.25, 0.3) is 0 Å². The molecule has 5 N–H and O–H groups in total. The molecular formula is C9H8N2O5. The molecule has 0 saturated heterocycles. The van der Waals surface area contributed by atoms with Crippen molar-refractivity contribution in [1.29, 1.82) is 0 Å². The molecule has 0 heterocycles. The van der Waals surface area contributed by atoms with Gasteiger partial charge in [0.15, 0.2) is 0 Å². The molecule has 0 bridgehead atoms. The van der Waals surface area contributed by atoms with Crippen LogP contribution in [0.5, 0.6) is 0 Å². The van der Waals surface area contributed by atoms with Crippen molar-refractivity contribution in [3.63, 3.8) is 0 Å². The van der Waals surface area contributed by atoms with Gasteiger partial charge in [-0.25, -0.2) is 15.4 Å². The summed E-state index contributed by atoms with van der Waals surface area (Å²) in [5, 5.41) is 17.6. The van der Waals surface area contributed by atoms with E-state index in [4.69, 9.17) is 16.1 Å². The summed E-state index contributed by atoms with van der Waals surface area (Å²) in [4.78, 5) is 32.9. The van der Waals surface area contributed by atoms with E-state index in [9.17, 15) is 14.4 Å². The standard InChI is InChI=1S/C9H8N2O5/c10-11-7(12)6-4(8(13)14)2-1-3-5(6)9(15)16/h1-3H,10H2,(H,11,12)(H,13,14)(H,15,16). The average Bonchev–Trinajstić information content (AvgIpc) is 2.26. The number of hydrogen-bond donors (Lipinski definition) is 4. The number of carbonyl (C=O) groups excluding carboxylic acids is 1. The van der Waals surface area contributed by atoms with Crippen molar-refractivity contribution >= 4 is 17.8 Å². The molecule has 1 rings (SSSR count). The highest BCUT2D eigenvalue weighted by Crippen LogP contribution is 2.15. The van der Waals surface area contributed by atoms with E-state index in [2.05, 4.69) is 0 Å². The summed E-state index contributed by atoms with van der Waals surface area (Å²) in [5.74, 6) is 1.09. The lowest BCUT2D eigenvalue weighted by Gasteiger charge is -2.07. The van der Waals surface area contributed by atoms with Crippen molar-refractivity contribution in [3.05, 3.63) is 34.9 Å². The summed E-state index contributed by atoms with van der Waals surface area (Å²) in [5.41, 5.74) is 0.411. The summed E-state index contributed by atoms with van der Waals surface area (Å²) >= 11 is 0. The summed E-state index contributed by atoms with van der Waals surface area (Å²) in [6, 6.07) is 3.49. The predicted molar refractivity (Wildman–Crippen MR) is 52.0 cm³/mol. The van der Waals surface area contributed by atoms with E-state index in [1.807, 2.05) is 0 Å². The van der Waals surface area contributed by atoms with Crippen LogP contribution < -0.4 is 11.3 Å². The van der Waals surface area contributed by atoms with Gasteiger partial charge in [-0.05, 0) is 12.1 Å². The quantitative estimate of drug-likeness (QED) is 0.316. The number of nitrogens with two attached hydrogens (primary N) is 1. The fourth-order valence-corrected chi connectivity index (χ4v) is 1.23. The Morgan fingerprint density at radius 3 is 1.81 bits per heavy atom. The summed E-state index contributed by atoms with van der Waals surface area (Å²) < 4.78 is 0. The largest absolute Gasteiger partial charge is 0.478 e. The Morgan fingerprint density at radius 1 is 1.06 bits per heavy atom. The van der Waals surface area contributed by atoms with Crippen molar-refractivity contribution in [2.75, 3.05) is 0 Å². The molecule has 0 aliphatic rings. The minimum atomic E-state index is -1.40. The summed E-state index contributed by atoms with van der Waals surface area (Å²) in [6.07, 6.45) is 0. The van der Waals surface area contributed by atoms with E-state index in [0.29, 0.717) is 0 Å². The Hall–Kier alpha value is -2.41. The molecule has 1 amide bonds. The predicted octanol–water partition coefficient (Wildman–Crippen LogP) is -0.314. The van der Waals surface area contributed by atoms with Crippen LogP contribution in [0, 0.1) is 0 Å². The normalized spacial score (nSPS) is 9.56. The highest BCUT2D eigenvalue weighted by molar-refractivity contribution is 6.11. The molecular weight excluding hydrogens is 216 g/mol. The van der Waals surface area contributed by atoms with Crippen molar-refractivity contribution < 1.29 is 24.6 Å². The van der Waals surface area contributed by atoms with Crippen LogP contribution in [0.1, 0.15) is 31.1 Å². The van der Waals surface area contributed by atoms with Crippen LogP contribution in [0.2, 0.25) is 0 Å². The van der Waals surface area contributed by atoms with Gasteiger partial charge in [-0.15, -0.1) is 0 Å². The number of aromatic carboxylic acids is 2. The first kappa shape index (κ1) is 11.7. The molecule has 1 aromatic rings. The third-order valence-electron chi connectivity index (χ3n) is 1.88. The number of hydrazine groups is 1. The molecule has 0 fully saturated rings. The molecule has 0 unspecified atom stereocenters. The van der Waals surface area contributed by atoms with Gasteiger partial charge in [0.25, 0.3) is 5.91 Å². The van der Waals surface area contributed by atoms with Gasteiger partial charge >= 0.3 is 11.9 Å². The number of carbonyl (C=O) groups is 3. The number of nitrogens with one attached hydrogen (secondary N) is 1. The number of carboxylic acids is 2. The van der Waals surface area contributed by atoms with Crippen molar-refractivity contribution in [2.24, 2.45) is 5.84 Å². The average molecular weight is 224 g/mol. The van der Waals surface area contributed by atoms with Crippen LogP contribution in [0.15, 0.2) is 18.2 Å². The first-order valence-corrected chi connectivity index (χ1v) is 4.09. The second-order valence-corrected chi connectivity index (χ2v) is 2.81. The summed E-state index contributed by atoms with van der Waals surface area (Å²) in [7, 11) is 0. The molecule has 0 aliphatic carbocycles. The number of amides is 1. The van der Waals surface area contributed by atoms with Gasteiger partial charge < -0.3 is 10.2 Å². The second-order valence-electron chi connectivity index (χ2n) is 2.81. The Bertz CT molecular complexity index is 437. The fraction of sp³-hybridized carbons (Fsp3) is 0. The van der Waals surface area contributed by atoms with Gasteiger partial charge in [0.05, 0.1) is 16.7 Å². The third-order valence-corrected chi connectivity index (χ3v) is 1.88. The maximum absolute atomic E-state index is 11.3. The minimum Gasteiger partial charge on any atom is -0.478 e. The number of rotatable bonds is 3. The van der Waals surface area contributed by atoms with Crippen LogP contribution in [-0.2, 0) is 0 Å². The lowest BCUT2D eigenvalue weighted by Crippen LogP contribution is -2.33. The monoisotopic (exact) mass is 224 g/mol. The van der Waals surface area contributed by atoms with Gasteiger partial charge in [0.2, 0.25) is 0 Å². The first-order valence-electron chi connectivity index (χ1n) is 4.09. The smallest absolute Gasteiger partial charge is 0.336 e. The molecule has 7 nitrogen and oxygen atoms in total. The van der Waals surface area contributed by atoms with Crippen LogP contribution in [0.3, 0.4) is 0 Å². The topological polar surface area (TPSA) is 130 Å². The first-order chi connectivity index (χ1) is 7.49. The van der Waals surface area contributed by atoms with Gasteiger partial charge in [-0.1, -0.05) is 6.07 Å². The fourth-order valence-electron chi connectivity index (χ4n) is 1.23. The van der Waals surface area contributed by atoms with Crippen molar-refractivity contribution in [3.8, 4) is 0 Å². The lowest BCUT2D eigenvalue weighted by molar-refractivity contribution is 0.0686. The Labute approximate surface area is 89.5 Å². The zero-order valence-corrected chi connectivity index (χ0v) is 7.93. The van der Waals surface area contributed by atoms with Gasteiger partial charge in [-0.2, -0.15) is 0 Å². The number of carboxylic acid groups (broad SMARTS) is 2. The molecule has 0 aromatic heterocycles. The molecule has 84 valence electrons. The van der Waals surface area contributed by atoms with E-state index >= 15 is 0 Å². The molecule has 16 heavy (non-hydrogen) atoms. The van der Waals surface area contributed by atoms with Gasteiger partial charge in [0.1, 0.15) is 0 Å². The van der Waals surface area contributed by atoms with Crippen molar-refractivity contribution in [1.82, 2.24) is 5.43 Å². The zero-order valence-electron chi connectivity index (χ0n) is 7.93. The number of hydrogen-bond acceptors (Lipinski definition) is 4. The Kier molecular flexibility index (Phi) is 3.21. The SMILES string of the molecule is NNC(=O)c1c(C(=O)O)cccc1C(=O)O. The maximum Gasteiger partial charge on any atom is 0.336 e. The maximum atomic E-state index is 11.3. The van der Waals surface area contributed by atoms with Gasteiger partial charge in [0, 0.05) is 0 Å². The highest BCUT2D eigenvalue weighted by atomic mass is 16.4. The molecule has 0 spiro atoms. The van der Waals surface area contributed by atoms with E-state index in [1.54, 1.807) is 5.43 Å². The summed E-state index contributed by atoms with van der Waals surface area (Å²) in [6.45, 7) is 0. The molecule has 0 saturated carbocycles. The van der Waals surface area contributed by atoms with Crippen LogP contribution in [0.4, 0.5) is 0 Å². The molecule has 0 atom stereocenters. The Morgan fingerprint density at radius 2 is 1.50 bits per heavy atom. The second kappa shape index (κ2) is 4.41. The number of nitrogen functional groups attached to an aromatic ring is 1. The minimum absolute atomic E-state index is 0.414. The molecule has 0 radical (unpaired) electrons. The molecule has 7 heteroatoms. The lowest BCUT2D eigenvalue weighted by atomic mass is 10.0. The highest BCUT2D eigenvalue weighted by Gasteiger charge is 2.22. The van der Waals surface area contributed by atoms with E-state index in [0.717, 1.165) is 12.1 Å². The molecule has 1 aromatic carbocycles. The van der Waals surface area contributed by atoms with Gasteiger partial charge in [-0.3, -0.25) is 10.2 Å². The zero-order chi connectivity index (χ0) is 12.3.